The maximum Gasteiger partial charge on any atom is 0.320 e. The molecule has 0 saturated carbocycles. The van der Waals surface area contributed by atoms with Gasteiger partial charge < -0.3 is 15.1 Å². The minimum atomic E-state index is 0.270. The number of rotatable bonds is 2. The summed E-state index contributed by atoms with van der Waals surface area (Å²) in [7, 11) is 0. The lowest BCUT2D eigenvalue weighted by atomic mass is 10.1. The largest absolute Gasteiger partial charge is 0.325 e. The van der Waals surface area contributed by atoms with Crippen LogP contribution in [-0.4, -0.2) is 54.6 Å². The van der Waals surface area contributed by atoms with Gasteiger partial charge in [-0.25, -0.2) is 4.79 Å². The summed E-state index contributed by atoms with van der Waals surface area (Å²) in [5.74, 6) is 0. The molecule has 1 N–H and O–H groups in total. The fourth-order valence-electron chi connectivity index (χ4n) is 2.76. The minimum Gasteiger partial charge on any atom is -0.325 e. The first-order valence-electron chi connectivity index (χ1n) is 6.59. The first-order chi connectivity index (χ1) is 7.83. The fourth-order valence-corrected chi connectivity index (χ4v) is 2.76. The van der Waals surface area contributed by atoms with Gasteiger partial charge in [0.2, 0.25) is 0 Å². The highest BCUT2D eigenvalue weighted by Gasteiger charge is 2.28. The minimum absolute atomic E-state index is 0.270. The van der Waals surface area contributed by atoms with Crippen molar-refractivity contribution in [3.63, 3.8) is 0 Å². The van der Waals surface area contributed by atoms with Crippen molar-refractivity contribution in [1.29, 1.82) is 0 Å². The van der Waals surface area contributed by atoms with Crippen LogP contribution in [0.2, 0.25) is 0 Å². The van der Waals surface area contributed by atoms with Crippen LogP contribution in [0.5, 0.6) is 0 Å². The molecule has 92 valence electrons. The first-order valence-corrected chi connectivity index (χ1v) is 6.59. The van der Waals surface area contributed by atoms with E-state index in [1.807, 2.05) is 4.90 Å². The molecule has 0 spiro atoms. The van der Waals surface area contributed by atoms with Gasteiger partial charge in [0.05, 0.1) is 0 Å². The van der Waals surface area contributed by atoms with Gasteiger partial charge in [0.15, 0.2) is 0 Å². The molecule has 4 nitrogen and oxygen atoms in total. The van der Waals surface area contributed by atoms with Crippen LogP contribution in [0, 0.1) is 0 Å². The second-order valence-electron chi connectivity index (χ2n) is 4.74. The Labute approximate surface area is 98.0 Å². The molecule has 2 amide bonds. The molecule has 2 aliphatic heterocycles. The number of hydrogen-bond donors (Lipinski definition) is 1. The zero-order valence-corrected chi connectivity index (χ0v) is 10.2. The lowest BCUT2D eigenvalue weighted by Crippen LogP contribution is -2.50. The molecule has 2 aliphatic rings. The maximum absolute atomic E-state index is 12.3. The molecule has 2 fully saturated rings. The molecule has 2 heterocycles. The van der Waals surface area contributed by atoms with Crippen LogP contribution in [0.15, 0.2) is 0 Å². The Kier molecular flexibility index (Phi) is 4.04. The summed E-state index contributed by atoms with van der Waals surface area (Å²) in [6, 6.07) is 0.728. The molecular formula is C12H23N3O. The van der Waals surface area contributed by atoms with Crippen molar-refractivity contribution in [3.8, 4) is 0 Å². The van der Waals surface area contributed by atoms with Crippen LogP contribution in [0.25, 0.3) is 0 Å². The molecule has 0 aromatic carbocycles. The highest BCUT2D eigenvalue weighted by molar-refractivity contribution is 5.75. The second kappa shape index (κ2) is 5.53. The van der Waals surface area contributed by atoms with Gasteiger partial charge in [-0.1, -0.05) is 0 Å². The van der Waals surface area contributed by atoms with Gasteiger partial charge in [0.25, 0.3) is 0 Å². The van der Waals surface area contributed by atoms with Gasteiger partial charge >= 0.3 is 6.03 Å². The normalized spacial score (nSPS) is 22.4. The van der Waals surface area contributed by atoms with E-state index in [1.165, 1.54) is 12.8 Å². The van der Waals surface area contributed by atoms with Crippen LogP contribution in [0.3, 0.4) is 0 Å². The lowest BCUT2D eigenvalue weighted by Gasteiger charge is -2.36. The molecule has 0 unspecified atom stereocenters. The summed E-state index contributed by atoms with van der Waals surface area (Å²) in [5, 5.41) is 3.35. The van der Waals surface area contributed by atoms with Crippen molar-refractivity contribution in [1.82, 2.24) is 15.1 Å². The Balaban J connectivity index is 1.94. The monoisotopic (exact) mass is 225 g/mol. The van der Waals surface area contributed by atoms with Crippen LogP contribution >= 0.6 is 0 Å². The van der Waals surface area contributed by atoms with Gasteiger partial charge in [0, 0.05) is 25.7 Å². The number of amides is 2. The van der Waals surface area contributed by atoms with E-state index in [0.717, 1.165) is 45.6 Å². The highest BCUT2D eigenvalue weighted by atomic mass is 16.2. The van der Waals surface area contributed by atoms with E-state index in [2.05, 4.69) is 17.1 Å². The van der Waals surface area contributed by atoms with E-state index in [0.29, 0.717) is 6.04 Å². The molecule has 2 rings (SSSR count). The molecule has 0 aromatic rings. The molecule has 0 bridgehead atoms. The highest BCUT2D eigenvalue weighted by Crippen LogP contribution is 2.17. The lowest BCUT2D eigenvalue weighted by molar-refractivity contribution is 0.133. The molecule has 0 aromatic heterocycles. The van der Waals surface area contributed by atoms with E-state index in [4.69, 9.17) is 0 Å². The number of carbonyl (C=O) groups excluding carboxylic acids is 1. The molecular weight excluding hydrogens is 202 g/mol. The molecule has 0 radical (unpaired) electrons. The molecule has 0 aliphatic carbocycles. The number of carbonyl (C=O) groups is 1. The number of urea groups is 1. The number of likely N-dealkylation sites (tertiary alicyclic amines) is 1. The number of hydrogen-bond acceptors (Lipinski definition) is 2. The average Bonchev–Trinajstić information content (AvgIpc) is 2.85. The van der Waals surface area contributed by atoms with Gasteiger partial charge in [-0.05, 0) is 45.7 Å². The summed E-state index contributed by atoms with van der Waals surface area (Å²) >= 11 is 0. The quantitative estimate of drug-likeness (QED) is 0.768. The van der Waals surface area contributed by atoms with Crippen molar-refractivity contribution >= 4 is 6.03 Å². The predicted octanol–water partition coefficient (Wildman–Crippen LogP) is 1.28. The second-order valence-corrected chi connectivity index (χ2v) is 4.74. The van der Waals surface area contributed by atoms with E-state index >= 15 is 0 Å². The van der Waals surface area contributed by atoms with E-state index in [-0.39, 0.29) is 6.03 Å². The molecule has 0 atom stereocenters. The predicted molar refractivity (Wildman–Crippen MR) is 64.5 cm³/mol. The van der Waals surface area contributed by atoms with Crippen molar-refractivity contribution in [3.05, 3.63) is 0 Å². The van der Waals surface area contributed by atoms with Crippen molar-refractivity contribution in [2.45, 2.75) is 38.6 Å². The van der Waals surface area contributed by atoms with Gasteiger partial charge in [0.1, 0.15) is 0 Å². The Morgan fingerprint density at radius 2 is 1.94 bits per heavy atom. The van der Waals surface area contributed by atoms with Crippen molar-refractivity contribution in [2.24, 2.45) is 0 Å². The van der Waals surface area contributed by atoms with E-state index in [9.17, 15) is 4.79 Å². The van der Waals surface area contributed by atoms with Gasteiger partial charge in [-0.3, -0.25) is 0 Å². The van der Waals surface area contributed by atoms with Crippen LogP contribution in [0.1, 0.15) is 32.6 Å². The molecule has 16 heavy (non-hydrogen) atoms. The molecule has 2 saturated heterocycles. The summed E-state index contributed by atoms with van der Waals surface area (Å²) in [5.41, 5.74) is 0. The number of nitrogens with one attached hydrogen (secondary N) is 1. The van der Waals surface area contributed by atoms with Crippen molar-refractivity contribution < 1.29 is 4.79 Å². The zero-order chi connectivity index (χ0) is 11.4. The first kappa shape index (κ1) is 11.7. The smallest absolute Gasteiger partial charge is 0.320 e. The third-order valence-corrected chi connectivity index (χ3v) is 3.71. The third kappa shape index (κ3) is 2.48. The Bertz CT molecular complexity index is 232. The third-order valence-electron chi connectivity index (χ3n) is 3.71. The Hall–Kier alpha value is -0.770. The van der Waals surface area contributed by atoms with E-state index < -0.39 is 0 Å². The Morgan fingerprint density at radius 3 is 2.50 bits per heavy atom. The maximum atomic E-state index is 12.3. The molecule has 4 heteroatoms. The standard InChI is InChI=1S/C12H23N3O/c1-2-15(11-5-7-13-8-6-11)12(16)14-9-3-4-10-14/h11,13H,2-10H2,1H3. The SMILES string of the molecule is CCN(C(=O)N1CCCC1)C1CCNCC1. The zero-order valence-electron chi connectivity index (χ0n) is 10.2. The van der Waals surface area contributed by atoms with E-state index in [1.54, 1.807) is 0 Å². The summed E-state index contributed by atoms with van der Waals surface area (Å²) < 4.78 is 0. The Morgan fingerprint density at radius 1 is 1.31 bits per heavy atom. The fraction of sp³-hybridized carbons (Fsp3) is 0.917. The van der Waals surface area contributed by atoms with Crippen LogP contribution in [0.4, 0.5) is 4.79 Å². The summed E-state index contributed by atoms with van der Waals surface area (Å²) in [4.78, 5) is 16.4. The number of piperidine rings is 1. The van der Waals surface area contributed by atoms with Crippen LogP contribution in [-0.2, 0) is 0 Å². The van der Waals surface area contributed by atoms with Gasteiger partial charge in [-0.2, -0.15) is 0 Å². The topological polar surface area (TPSA) is 35.6 Å². The summed E-state index contributed by atoms with van der Waals surface area (Å²) in [6.45, 7) is 6.96. The average molecular weight is 225 g/mol. The summed E-state index contributed by atoms with van der Waals surface area (Å²) in [6.07, 6.45) is 4.56. The van der Waals surface area contributed by atoms with Crippen LogP contribution < -0.4 is 5.32 Å². The number of nitrogens with zero attached hydrogens (tertiary/aromatic N) is 2. The van der Waals surface area contributed by atoms with Gasteiger partial charge in [-0.15, -0.1) is 0 Å². The van der Waals surface area contributed by atoms with Crippen molar-refractivity contribution in [2.75, 3.05) is 32.7 Å².